The minimum Gasteiger partial charge on any atom is -0.395 e. The van der Waals surface area contributed by atoms with Crippen molar-refractivity contribution in [3.8, 4) is 11.8 Å². The Morgan fingerprint density at radius 2 is 2.16 bits per heavy atom. The molecule has 0 fully saturated rings. The van der Waals surface area contributed by atoms with Crippen molar-refractivity contribution in [3.63, 3.8) is 0 Å². The summed E-state index contributed by atoms with van der Waals surface area (Å²) in [6.45, 7) is 6.30. The van der Waals surface area contributed by atoms with Crippen LogP contribution in [0.25, 0.3) is 0 Å². The predicted molar refractivity (Wildman–Crippen MR) is 79.3 cm³/mol. The minimum absolute atomic E-state index is 0.0181. The second kappa shape index (κ2) is 7.32. The smallest absolute Gasteiger partial charge is 0.265 e. The first-order valence-electron chi connectivity index (χ1n) is 6.43. The van der Waals surface area contributed by atoms with Gasteiger partial charge in [-0.1, -0.05) is 25.7 Å². The molecule has 0 saturated carbocycles. The molecule has 0 aliphatic carbocycles. The number of hydrogen-bond acceptors (Lipinski definition) is 3. The first kappa shape index (κ1) is 15.7. The average molecular weight is 279 g/mol. The van der Waals surface area contributed by atoms with Crippen LogP contribution in [0.5, 0.6) is 0 Å². The average Bonchev–Trinajstić information content (AvgIpc) is 2.84. The maximum absolute atomic E-state index is 12.4. The van der Waals surface area contributed by atoms with Gasteiger partial charge in [-0.15, -0.1) is 11.3 Å². The lowest BCUT2D eigenvalue weighted by molar-refractivity contribution is 0.0712. The third-order valence-electron chi connectivity index (χ3n) is 3.22. The van der Waals surface area contributed by atoms with Crippen LogP contribution in [0.1, 0.15) is 42.4 Å². The van der Waals surface area contributed by atoms with Crippen molar-refractivity contribution >= 4 is 17.2 Å². The number of aliphatic hydroxyl groups excluding tert-OH is 1. The molecular formula is C15H21NO2S. The number of aliphatic hydroxyl groups is 1. The Kier molecular flexibility index (Phi) is 6.07. The number of amides is 1. The lowest BCUT2D eigenvalue weighted by Gasteiger charge is -2.27. The van der Waals surface area contributed by atoms with Crippen molar-refractivity contribution in [1.82, 2.24) is 4.90 Å². The number of carbonyl (C=O) groups excluding carboxylic acids is 1. The molecular weight excluding hydrogens is 258 g/mol. The van der Waals surface area contributed by atoms with E-state index in [1.807, 2.05) is 25.4 Å². The van der Waals surface area contributed by atoms with Gasteiger partial charge in [-0.3, -0.25) is 4.79 Å². The Labute approximate surface area is 119 Å². The van der Waals surface area contributed by atoms with Gasteiger partial charge in [0.05, 0.1) is 6.61 Å². The van der Waals surface area contributed by atoms with Crippen LogP contribution in [0.4, 0.5) is 0 Å². The molecule has 1 atom stereocenters. The molecule has 0 radical (unpaired) electrons. The molecule has 0 aliphatic rings. The SMILES string of the molecule is CC(C)C(C)N(C)C(=O)c1sccc1C#CCCO. The number of nitrogens with zero attached hydrogens (tertiary/aromatic N) is 1. The Morgan fingerprint density at radius 3 is 2.74 bits per heavy atom. The molecule has 4 heteroatoms. The fourth-order valence-electron chi connectivity index (χ4n) is 1.58. The van der Waals surface area contributed by atoms with Gasteiger partial charge in [0.2, 0.25) is 0 Å². The second-order valence-corrected chi connectivity index (χ2v) is 5.76. The third-order valence-corrected chi connectivity index (χ3v) is 4.12. The van der Waals surface area contributed by atoms with Crippen molar-refractivity contribution in [3.05, 3.63) is 21.9 Å². The zero-order valence-corrected chi connectivity index (χ0v) is 12.8. The Bertz CT molecular complexity index is 482. The summed E-state index contributed by atoms with van der Waals surface area (Å²) < 4.78 is 0. The molecule has 3 nitrogen and oxygen atoms in total. The fourth-order valence-corrected chi connectivity index (χ4v) is 2.41. The lowest BCUT2D eigenvalue weighted by atomic mass is 10.0. The van der Waals surface area contributed by atoms with E-state index in [0.29, 0.717) is 17.2 Å². The number of thiophene rings is 1. The van der Waals surface area contributed by atoms with E-state index in [9.17, 15) is 4.79 Å². The van der Waals surface area contributed by atoms with Gasteiger partial charge in [-0.25, -0.2) is 0 Å². The first-order chi connectivity index (χ1) is 8.99. The van der Waals surface area contributed by atoms with Gasteiger partial charge in [-0.2, -0.15) is 0 Å². The third kappa shape index (κ3) is 4.09. The van der Waals surface area contributed by atoms with E-state index in [-0.39, 0.29) is 18.6 Å². The zero-order chi connectivity index (χ0) is 14.4. The van der Waals surface area contributed by atoms with Crippen molar-refractivity contribution in [2.45, 2.75) is 33.2 Å². The molecule has 1 aromatic heterocycles. The molecule has 0 saturated heterocycles. The fraction of sp³-hybridized carbons (Fsp3) is 0.533. The van der Waals surface area contributed by atoms with Gasteiger partial charge in [-0.05, 0) is 24.3 Å². The molecule has 0 spiro atoms. The normalized spacial score (nSPS) is 11.9. The van der Waals surface area contributed by atoms with Crippen molar-refractivity contribution < 1.29 is 9.90 Å². The number of carbonyl (C=O) groups is 1. The summed E-state index contributed by atoms with van der Waals surface area (Å²) in [6.07, 6.45) is 0.432. The first-order valence-corrected chi connectivity index (χ1v) is 7.31. The van der Waals surface area contributed by atoms with Crippen LogP contribution in [0.3, 0.4) is 0 Å². The number of rotatable bonds is 4. The predicted octanol–water partition coefficient (Wildman–Crippen LogP) is 2.60. The molecule has 1 unspecified atom stereocenters. The highest BCUT2D eigenvalue weighted by Crippen LogP contribution is 2.20. The van der Waals surface area contributed by atoms with Gasteiger partial charge in [0.1, 0.15) is 4.88 Å². The standard InChI is InChI=1S/C15H21NO2S/c1-11(2)12(3)16(4)15(18)14-13(8-10-19-14)7-5-6-9-17/h8,10-12,17H,6,9H2,1-4H3. The molecule has 1 heterocycles. The van der Waals surface area contributed by atoms with Crippen LogP contribution in [0.2, 0.25) is 0 Å². The van der Waals surface area contributed by atoms with Crippen LogP contribution in [-0.4, -0.2) is 35.6 Å². The van der Waals surface area contributed by atoms with Gasteiger partial charge < -0.3 is 10.0 Å². The summed E-state index contributed by atoms with van der Waals surface area (Å²) in [5.41, 5.74) is 0.756. The Hall–Kier alpha value is -1.31. The van der Waals surface area contributed by atoms with Crippen molar-refractivity contribution in [2.24, 2.45) is 5.92 Å². The molecule has 0 bridgehead atoms. The summed E-state index contributed by atoms with van der Waals surface area (Å²) in [6, 6.07) is 2.05. The molecule has 1 aromatic rings. The highest BCUT2D eigenvalue weighted by Gasteiger charge is 2.22. The maximum Gasteiger partial charge on any atom is 0.265 e. The van der Waals surface area contributed by atoms with Gasteiger partial charge in [0.15, 0.2) is 0 Å². The van der Waals surface area contributed by atoms with E-state index in [1.54, 1.807) is 4.90 Å². The van der Waals surface area contributed by atoms with E-state index in [2.05, 4.69) is 25.7 Å². The lowest BCUT2D eigenvalue weighted by Crippen LogP contribution is -2.38. The van der Waals surface area contributed by atoms with Gasteiger partial charge in [0.25, 0.3) is 5.91 Å². The molecule has 1 N–H and O–H groups in total. The van der Waals surface area contributed by atoms with Crippen LogP contribution >= 0.6 is 11.3 Å². The topological polar surface area (TPSA) is 40.5 Å². The molecule has 19 heavy (non-hydrogen) atoms. The van der Waals surface area contributed by atoms with Gasteiger partial charge in [0, 0.05) is 25.1 Å². The summed E-state index contributed by atoms with van der Waals surface area (Å²) >= 11 is 1.42. The van der Waals surface area contributed by atoms with E-state index < -0.39 is 0 Å². The van der Waals surface area contributed by atoms with Crippen LogP contribution in [0, 0.1) is 17.8 Å². The summed E-state index contributed by atoms with van der Waals surface area (Å²) in [4.78, 5) is 14.9. The second-order valence-electron chi connectivity index (χ2n) is 4.84. The largest absolute Gasteiger partial charge is 0.395 e. The number of hydrogen-bond donors (Lipinski definition) is 1. The summed E-state index contributed by atoms with van der Waals surface area (Å²) in [7, 11) is 1.83. The molecule has 104 valence electrons. The highest BCUT2D eigenvalue weighted by atomic mass is 32.1. The van der Waals surface area contributed by atoms with E-state index >= 15 is 0 Å². The molecule has 0 aromatic carbocycles. The van der Waals surface area contributed by atoms with Crippen molar-refractivity contribution in [1.29, 1.82) is 0 Å². The quantitative estimate of drug-likeness (QED) is 0.861. The van der Waals surface area contributed by atoms with Crippen molar-refractivity contribution in [2.75, 3.05) is 13.7 Å². The van der Waals surface area contributed by atoms with Crippen LogP contribution in [0.15, 0.2) is 11.4 Å². The van der Waals surface area contributed by atoms with E-state index in [0.717, 1.165) is 5.56 Å². The minimum atomic E-state index is 0.0181. The van der Waals surface area contributed by atoms with E-state index in [1.165, 1.54) is 11.3 Å². The molecule has 0 aliphatic heterocycles. The zero-order valence-electron chi connectivity index (χ0n) is 11.9. The summed E-state index contributed by atoms with van der Waals surface area (Å²) in [5, 5.41) is 10.6. The Morgan fingerprint density at radius 1 is 1.47 bits per heavy atom. The molecule has 1 rings (SSSR count). The van der Waals surface area contributed by atoms with Crippen LogP contribution in [-0.2, 0) is 0 Å². The maximum atomic E-state index is 12.4. The van der Waals surface area contributed by atoms with Crippen LogP contribution < -0.4 is 0 Å². The Balaban J connectivity index is 2.90. The summed E-state index contributed by atoms with van der Waals surface area (Å²) in [5.74, 6) is 6.24. The monoisotopic (exact) mass is 279 g/mol. The highest BCUT2D eigenvalue weighted by molar-refractivity contribution is 7.12. The molecule has 1 amide bonds. The van der Waals surface area contributed by atoms with Gasteiger partial charge >= 0.3 is 0 Å². The van der Waals surface area contributed by atoms with E-state index in [4.69, 9.17) is 5.11 Å².